The Kier molecular flexibility index (Phi) is 6.36. The summed E-state index contributed by atoms with van der Waals surface area (Å²) < 4.78 is 10.7. The molecule has 0 saturated carbocycles. The van der Waals surface area contributed by atoms with Crippen LogP contribution in [-0.4, -0.2) is 37.7 Å². The van der Waals surface area contributed by atoms with Gasteiger partial charge in [0.25, 0.3) is 10.9 Å². The highest BCUT2D eigenvalue weighted by Crippen LogP contribution is 2.43. The molecule has 0 atom stereocenters. The van der Waals surface area contributed by atoms with Gasteiger partial charge in [-0.3, -0.25) is 14.4 Å². The van der Waals surface area contributed by atoms with Gasteiger partial charge in [-0.25, -0.2) is 4.98 Å². The van der Waals surface area contributed by atoms with Crippen LogP contribution in [0, 0.1) is 0 Å². The van der Waals surface area contributed by atoms with E-state index in [2.05, 4.69) is 24.1 Å². The van der Waals surface area contributed by atoms with Crippen LogP contribution in [0.2, 0.25) is 5.15 Å². The molecule has 2 aromatic carbocycles. The predicted molar refractivity (Wildman–Crippen MR) is 131 cm³/mol. The molecule has 1 amide bonds. The first kappa shape index (κ1) is 23.8. The van der Waals surface area contributed by atoms with E-state index in [0.717, 1.165) is 11.1 Å². The monoisotopic (exact) mass is 483 g/mol. The molecule has 0 spiro atoms. The van der Waals surface area contributed by atoms with E-state index >= 15 is 0 Å². The van der Waals surface area contributed by atoms with Gasteiger partial charge in [0.15, 0.2) is 5.75 Å². The summed E-state index contributed by atoms with van der Waals surface area (Å²) in [4.78, 5) is 43.9. The number of nitrogens with zero attached hydrogens (tertiary/aromatic N) is 2. The third-order valence-corrected chi connectivity index (χ3v) is 6.41. The summed E-state index contributed by atoms with van der Waals surface area (Å²) in [7, 11) is 1.48. The zero-order valence-corrected chi connectivity index (χ0v) is 20.2. The minimum absolute atomic E-state index is 0.0715. The van der Waals surface area contributed by atoms with Gasteiger partial charge >= 0.3 is 0 Å². The van der Waals surface area contributed by atoms with Crippen LogP contribution in [0.3, 0.4) is 0 Å². The highest BCUT2D eigenvalue weighted by Gasteiger charge is 2.54. The molecular weight excluding hydrogens is 458 g/mol. The molecular formula is C25H26ClN3O5. The van der Waals surface area contributed by atoms with Crippen LogP contribution in [0.15, 0.2) is 46.1 Å². The summed E-state index contributed by atoms with van der Waals surface area (Å²) in [5.74, 6) is 0.364. The Hall–Kier alpha value is -3.39. The number of halogens is 1. The maximum absolute atomic E-state index is 13.8. The lowest BCUT2D eigenvalue weighted by Gasteiger charge is -2.51. The van der Waals surface area contributed by atoms with E-state index in [1.165, 1.54) is 19.4 Å². The summed E-state index contributed by atoms with van der Waals surface area (Å²) in [5, 5.41) is 3.18. The van der Waals surface area contributed by atoms with Crippen molar-refractivity contribution in [2.45, 2.75) is 32.1 Å². The van der Waals surface area contributed by atoms with Gasteiger partial charge in [-0.15, -0.1) is 0 Å². The molecule has 3 aromatic rings. The van der Waals surface area contributed by atoms with Gasteiger partial charge in [0.05, 0.1) is 19.9 Å². The molecule has 1 aromatic heterocycles. The molecule has 34 heavy (non-hydrogen) atoms. The van der Waals surface area contributed by atoms with Crippen molar-refractivity contribution in [2.24, 2.45) is 0 Å². The van der Waals surface area contributed by atoms with Gasteiger partial charge in [-0.1, -0.05) is 49.7 Å². The number of hydrogen-bond acceptors (Lipinski definition) is 7. The largest absolute Gasteiger partial charge is 0.494 e. The Labute approximate surface area is 202 Å². The van der Waals surface area contributed by atoms with E-state index < -0.39 is 16.3 Å². The van der Waals surface area contributed by atoms with E-state index in [4.69, 9.17) is 21.1 Å². The Morgan fingerprint density at radius 2 is 1.94 bits per heavy atom. The summed E-state index contributed by atoms with van der Waals surface area (Å²) >= 11 is 5.97. The Balaban J connectivity index is 1.73. The van der Waals surface area contributed by atoms with Gasteiger partial charge < -0.3 is 19.7 Å². The number of nitrogens with one attached hydrogen (secondary N) is 1. The molecule has 1 aliphatic heterocycles. The molecule has 1 fully saturated rings. The fourth-order valence-electron chi connectivity index (χ4n) is 4.48. The summed E-state index contributed by atoms with van der Waals surface area (Å²) in [6.07, 6.45) is 1.45. The van der Waals surface area contributed by atoms with Crippen LogP contribution in [0.25, 0.3) is 0 Å². The van der Waals surface area contributed by atoms with Gasteiger partial charge in [0.1, 0.15) is 27.7 Å². The molecule has 1 saturated heterocycles. The Morgan fingerprint density at radius 3 is 2.59 bits per heavy atom. The van der Waals surface area contributed by atoms with Crippen molar-refractivity contribution in [2.75, 3.05) is 37.0 Å². The summed E-state index contributed by atoms with van der Waals surface area (Å²) in [5.41, 5.74) is 0.361. The Morgan fingerprint density at radius 1 is 1.24 bits per heavy atom. The lowest BCUT2D eigenvalue weighted by molar-refractivity contribution is -0.122. The number of amides is 1. The number of hydrogen-bond donors (Lipinski definition) is 1. The lowest BCUT2D eigenvalue weighted by atomic mass is 9.69. The van der Waals surface area contributed by atoms with E-state index in [0.29, 0.717) is 11.4 Å². The maximum Gasteiger partial charge on any atom is 0.272 e. The van der Waals surface area contributed by atoms with Gasteiger partial charge in [0, 0.05) is 19.2 Å². The molecule has 0 aliphatic carbocycles. The highest BCUT2D eigenvalue weighted by molar-refractivity contribution is 6.29. The number of methoxy groups -OCH3 is 1. The fourth-order valence-corrected chi connectivity index (χ4v) is 4.63. The van der Waals surface area contributed by atoms with Crippen LogP contribution >= 0.6 is 11.6 Å². The molecule has 178 valence electrons. The van der Waals surface area contributed by atoms with Crippen molar-refractivity contribution in [1.82, 2.24) is 4.98 Å². The smallest absolute Gasteiger partial charge is 0.272 e. The topological polar surface area (TPSA) is 97.8 Å². The van der Waals surface area contributed by atoms with Gasteiger partial charge in [-0.2, -0.15) is 0 Å². The van der Waals surface area contributed by atoms with E-state index in [1.807, 2.05) is 24.3 Å². The van der Waals surface area contributed by atoms with Gasteiger partial charge in [0.2, 0.25) is 5.91 Å². The average Bonchev–Trinajstić information content (AvgIpc) is 2.80. The fraction of sp³-hybridized carbons (Fsp3) is 0.360. The molecule has 1 aliphatic rings. The maximum atomic E-state index is 13.8. The van der Waals surface area contributed by atoms with E-state index in [9.17, 15) is 14.4 Å². The zero-order valence-electron chi connectivity index (χ0n) is 19.5. The highest BCUT2D eigenvalue weighted by atomic mass is 35.5. The minimum Gasteiger partial charge on any atom is -0.494 e. The molecule has 0 unspecified atom stereocenters. The van der Waals surface area contributed by atoms with Crippen molar-refractivity contribution < 1.29 is 14.3 Å². The van der Waals surface area contributed by atoms with Crippen molar-refractivity contribution in [3.05, 3.63) is 73.3 Å². The van der Waals surface area contributed by atoms with E-state index in [1.54, 1.807) is 11.8 Å². The number of aromatic nitrogens is 1. The van der Waals surface area contributed by atoms with Crippen molar-refractivity contribution in [3.63, 3.8) is 0 Å². The molecule has 2 heterocycles. The van der Waals surface area contributed by atoms with Crippen molar-refractivity contribution >= 4 is 28.9 Å². The number of rotatable bonds is 8. The Bertz CT molecular complexity index is 1310. The average molecular weight is 484 g/mol. The van der Waals surface area contributed by atoms with Crippen LogP contribution in [0.4, 0.5) is 11.4 Å². The molecule has 4 rings (SSSR count). The second-order valence-electron chi connectivity index (χ2n) is 8.61. The number of ether oxygens (including phenoxy) is 2. The van der Waals surface area contributed by atoms with Crippen LogP contribution in [0.5, 0.6) is 11.5 Å². The van der Waals surface area contributed by atoms with Crippen molar-refractivity contribution in [1.29, 1.82) is 0 Å². The van der Waals surface area contributed by atoms with E-state index in [-0.39, 0.29) is 48.1 Å². The number of carbonyl (C=O) groups is 1. The lowest BCUT2D eigenvalue weighted by Crippen LogP contribution is -2.67. The van der Waals surface area contributed by atoms with Crippen LogP contribution < -0.4 is 30.5 Å². The summed E-state index contributed by atoms with van der Waals surface area (Å²) in [6.45, 7) is 6.60. The standard InChI is InChI=1S/C25H26ClN3O5/c1-5-34-23-20(21(30)22(23)31)29-12-25(13-29,16-9-7-6-8-15(16)14(2)3)24(32)28-17-11-27-19(26)10-18(17)33-4/h6-11,14H,5,12-13H2,1-4H3,(H,28,32). The zero-order chi connectivity index (χ0) is 24.6. The summed E-state index contributed by atoms with van der Waals surface area (Å²) in [6, 6.07) is 9.31. The number of carbonyl (C=O) groups excluding carboxylic acids is 1. The predicted octanol–water partition coefficient (Wildman–Crippen LogP) is 3.26. The molecule has 9 heteroatoms. The van der Waals surface area contributed by atoms with Crippen molar-refractivity contribution in [3.8, 4) is 11.5 Å². The third kappa shape index (κ3) is 3.81. The molecule has 0 bridgehead atoms. The molecule has 1 N–H and O–H groups in total. The third-order valence-electron chi connectivity index (χ3n) is 6.20. The molecule has 0 radical (unpaired) electrons. The number of benzene rings is 1. The first-order chi connectivity index (χ1) is 16.2. The number of anilines is 2. The van der Waals surface area contributed by atoms with Crippen LogP contribution in [-0.2, 0) is 10.2 Å². The second kappa shape index (κ2) is 9.10. The second-order valence-corrected chi connectivity index (χ2v) is 9.00. The van der Waals surface area contributed by atoms with Gasteiger partial charge in [-0.05, 0) is 24.0 Å². The normalized spacial score (nSPS) is 14.7. The first-order valence-electron chi connectivity index (χ1n) is 11.0. The molecule has 8 nitrogen and oxygen atoms in total. The SMILES string of the molecule is CCOc1c(N2CC(C(=O)Nc3cnc(Cl)cc3OC)(c3ccccc3C(C)C)C2)c(=O)c1=O. The van der Waals surface area contributed by atoms with Crippen LogP contribution in [0.1, 0.15) is 37.8 Å². The quantitative estimate of drug-likeness (QED) is 0.388. The number of pyridine rings is 1. The first-order valence-corrected chi connectivity index (χ1v) is 11.4. The minimum atomic E-state index is -0.964.